The van der Waals surface area contributed by atoms with E-state index in [0.717, 1.165) is 0 Å². The second kappa shape index (κ2) is 7.19. The highest BCUT2D eigenvalue weighted by Gasteiger charge is 2.21. The topological polar surface area (TPSA) is 141 Å². The molecule has 0 aliphatic rings. The zero-order valence-electron chi connectivity index (χ0n) is 11.2. The van der Waals surface area contributed by atoms with Gasteiger partial charge in [-0.05, 0) is 6.54 Å². The third-order valence-corrected chi connectivity index (χ3v) is 2.37. The summed E-state index contributed by atoms with van der Waals surface area (Å²) in [5.74, 6) is -1.25. The van der Waals surface area contributed by atoms with E-state index in [1.54, 1.807) is 0 Å². The molecule has 0 saturated carbocycles. The van der Waals surface area contributed by atoms with Gasteiger partial charge in [-0.2, -0.15) is 0 Å². The monoisotopic (exact) mass is 284 g/mol. The van der Waals surface area contributed by atoms with Crippen LogP contribution in [0.5, 0.6) is 0 Å². The van der Waals surface area contributed by atoms with Crippen LogP contribution in [0.3, 0.4) is 0 Å². The molecule has 1 heterocycles. The average molecular weight is 284 g/mol. The molecule has 1 aromatic rings. The van der Waals surface area contributed by atoms with Crippen molar-refractivity contribution >= 4 is 17.9 Å². The Hall–Kier alpha value is -2.49. The molecule has 1 rings (SSSR count). The van der Waals surface area contributed by atoms with Crippen molar-refractivity contribution in [3.63, 3.8) is 0 Å². The van der Waals surface area contributed by atoms with E-state index < -0.39 is 17.9 Å². The molecule has 0 saturated heterocycles. The van der Waals surface area contributed by atoms with Gasteiger partial charge >= 0.3 is 12.0 Å². The van der Waals surface area contributed by atoms with E-state index in [9.17, 15) is 14.4 Å². The Kier molecular flexibility index (Phi) is 5.59. The molecular formula is C10H16N6O4. The number of amides is 3. The van der Waals surface area contributed by atoms with Gasteiger partial charge in [0.25, 0.3) is 0 Å². The Morgan fingerprint density at radius 3 is 2.65 bits per heavy atom. The second-order valence-electron chi connectivity index (χ2n) is 3.70. The summed E-state index contributed by atoms with van der Waals surface area (Å²) in [6.07, 6.45) is 0.296. The van der Waals surface area contributed by atoms with E-state index in [-0.39, 0.29) is 18.8 Å². The van der Waals surface area contributed by atoms with E-state index in [2.05, 4.69) is 25.7 Å². The lowest BCUT2D eigenvalue weighted by Gasteiger charge is -2.06. The maximum atomic E-state index is 11.6. The SMILES string of the molecule is CNC(=O)NC(=O)Cn1nnc(C(=O)OC)c1CCN. The first-order valence-corrected chi connectivity index (χ1v) is 5.75. The van der Waals surface area contributed by atoms with E-state index in [4.69, 9.17) is 5.73 Å². The van der Waals surface area contributed by atoms with Crippen LogP contribution in [-0.4, -0.2) is 53.6 Å². The number of nitrogens with one attached hydrogen (secondary N) is 2. The van der Waals surface area contributed by atoms with Gasteiger partial charge in [0.05, 0.1) is 12.8 Å². The highest BCUT2D eigenvalue weighted by atomic mass is 16.5. The fourth-order valence-corrected chi connectivity index (χ4v) is 1.46. The molecule has 20 heavy (non-hydrogen) atoms. The summed E-state index contributed by atoms with van der Waals surface area (Å²) in [5.41, 5.74) is 5.83. The number of carbonyl (C=O) groups is 3. The summed E-state index contributed by atoms with van der Waals surface area (Å²) in [5, 5.41) is 11.7. The van der Waals surface area contributed by atoms with Crippen LogP contribution >= 0.6 is 0 Å². The minimum Gasteiger partial charge on any atom is -0.464 e. The maximum absolute atomic E-state index is 11.6. The van der Waals surface area contributed by atoms with Gasteiger partial charge in [-0.15, -0.1) is 5.10 Å². The van der Waals surface area contributed by atoms with Crippen molar-refractivity contribution in [1.29, 1.82) is 0 Å². The van der Waals surface area contributed by atoms with Crippen LogP contribution in [0.4, 0.5) is 4.79 Å². The van der Waals surface area contributed by atoms with Crippen LogP contribution < -0.4 is 16.4 Å². The predicted octanol–water partition coefficient (Wildman–Crippen LogP) is -1.98. The molecule has 4 N–H and O–H groups in total. The Balaban J connectivity index is 2.89. The number of aromatic nitrogens is 3. The van der Waals surface area contributed by atoms with Gasteiger partial charge in [0, 0.05) is 13.5 Å². The lowest BCUT2D eigenvalue weighted by Crippen LogP contribution is -2.39. The summed E-state index contributed by atoms with van der Waals surface area (Å²) >= 11 is 0. The smallest absolute Gasteiger partial charge is 0.360 e. The van der Waals surface area contributed by atoms with Gasteiger partial charge in [0.15, 0.2) is 5.69 Å². The number of hydrogen-bond donors (Lipinski definition) is 3. The molecule has 0 spiro atoms. The quantitative estimate of drug-likeness (QED) is 0.532. The van der Waals surface area contributed by atoms with Crippen LogP contribution in [-0.2, 0) is 22.5 Å². The maximum Gasteiger partial charge on any atom is 0.360 e. The van der Waals surface area contributed by atoms with Crippen LogP contribution in [0.2, 0.25) is 0 Å². The highest BCUT2D eigenvalue weighted by Crippen LogP contribution is 2.07. The standard InChI is InChI=1S/C10H16N6O4/c1-12-10(19)13-7(17)5-16-6(3-4-11)8(14-15-16)9(18)20-2/h3-5,11H2,1-2H3,(H2,12,13,17,19). The number of urea groups is 1. The predicted molar refractivity (Wildman–Crippen MR) is 66.7 cm³/mol. The molecule has 0 aromatic carbocycles. The normalized spacial score (nSPS) is 9.95. The minimum absolute atomic E-state index is 0.00527. The van der Waals surface area contributed by atoms with Crippen molar-refractivity contribution < 1.29 is 19.1 Å². The summed E-state index contributed by atoms with van der Waals surface area (Å²) in [6, 6.07) is -0.635. The van der Waals surface area contributed by atoms with Crippen molar-refractivity contribution in [2.24, 2.45) is 5.73 Å². The number of nitrogens with zero attached hydrogens (tertiary/aromatic N) is 3. The number of imide groups is 1. The van der Waals surface area contributed by atoms with Gasteiger partial charge in [-0.25, -0.2) is 14.3 Å². The van der Waals surface area contributed by atoms with Crippen molar-refractivity contribution in [2.45, 2.75) is 13.0 Å². The average Bonchev–Trinajstić information content (AvgIpc) is 2.81. The van der Waals surface area contributed by atoms with Crippen LogP contribution in [0.15, 0.2) is 0 Å². The van der Waals surface area contributed by atoms with E-state index >= 15 is 0 Å². The zero-order chi connectivity index (χ0) is 15.1. The molecule has 10 heteroatoms. The third-order valence-electron chi connectivity index (χ3n) is 2.37. The molecule has 0 bridgehead atoms. The molecule has 0 radical (unpaired) electrons. The fourth-order valence-electron chi connectivity index (χ4n) is 1.46. The molecule has 0 aliphatic carbocycles. The van der Waals surface area contributed by atoms with E-state index in [1.165, 1.54) is 18.8 Å². The Morgan fingerprint density at radius 1 is 1.40 bits per heavy atom. The van der Waals surface area contributed by atoms with Gasteiger partial charge in [0.2, 0.25) is 5.91 Å². The van der Waals surface area contributed by atoms with Crippen molar-refractivity contribution in [3.8, 4) is 0 Å². The van der Waals surface area contributed by atoms with Crippen LogP contribution in [0, 0.1) is 0 Å². The van der Waals surface area contributed by atoms with Crippen LogP contribution in [0.25, 0.3) is 0 Å². The largest absolute Gasteiger partial charge is 0.464 e. The third kappa shape index (κ3) is 3.75. The first kappa shape index (κ1) is 15.6. The summed E-state index contributed by atoms with van der Waals surface area (Å²) in [7, 11) is 2.60. The summed E-state index contributed by atoms with van der Waals surface area (Å²) in [4.78, 5) is 34.1. The lowest BCUT2D eigenvalue weighted by atomic mass is 10.2. The molecule has 0 aliphatic heterocycles. The Labute approximate surface area is 114 Å². The summed E-state index contributed by atoms with van der Waals surface area (Å²) < 4.78 is 5.77. The first-order chi connectivity index (χ1) is 9.53. The fraction of sp³-hybridized carbons (Fsp3) is 0.500. The van der Waals surface area contributed by atoms with E-state index in [0.29, 0.717) is 12.1 Å². The number of ether oxygens (including phenoxy) is 1. The van der Waals surface area contributed by atoms with Gasteiger partial charge in [0.1, 0.15) is 6.54 Å². The second-order valence-corrected chi connectivity index (χ2v) is 3.70. The van der Waals surface area contributed by atoms with Crippen molar-refractivity contribution in [1.82, 2.24) is 25.6 Å². The van der Waals surface area contributed by atoms with E-state index in [1.807, 2.05) is 0 Å². The molecule has 0 unspecified atom stereocenters. The number of nitrogens with two attached hydrogens (primary N) is 1. The number of rotatable bonds is 5. The zero-order valence-corrected chi connectivity index (χ0v) is 11.2. The number of carbonyl (C=O) groups excluding carboxylic acids is 3. The highest BCUT2D eigenvalue weighted by molar-refractivity contribution is 5.94. The number of methoxy groups -OCH3 is 1. The number of esters is 1. The lowest BCUT2D eigenvalue weighted by molar-refractivity contribution is -0.120. The van der Waals surface area contributed by atoms with Crippen LogP contribution in [0.1, 0.15) is 16.2 Å². The van der Waals surface area contributed by atoms with Gasteiger partial charge in [-0.1, -0.05) is 5.21 Å². The molecule has 110 valence electrons. The van der Waals surface area contributed by atoms with Gasteiger partial charge < -0.3 is 15.8 Å². The van der Waals surface area contributed by atoms with Crippen molar-refractivity contribution in [2.75, 3.05) is 20.7 Å². The van der Waals surface area contributed by atoms with Crippen molar-refractivity contribution in [3.05, 3.63) is 11.4 Å². The molecular weight excluding hydrogens is 268 g/mol. The Morgan fingerprint density at radius 2 is 2.10 bits per heavy atom. The number of hydrogen-bond acceptors (Lipinski definition) is 7. The molecule has 3 amide bonds. The Bertz CT molecular complexity index is 512. The summed E-state index contributed by atoms with van der Waals surface area (Å²) in [6.45, 7) is -0.0127. The molecule has 0 fully saturated rings. The molecule has 0 atom stereocenters. The molecule has 1 aromatic heterocycles. The van der Waals surface area contributed by atoms with Gasteiger partial charge in [-0.3, -0.25) is 10.1 Å². The molecule has 10 nitrogen and oxygen atoms in total. The first-order valence-electron chi connectivity index (χ1n) is 5.75. The minimum atomic E-state index is -0.661.